The topological polar surface area (TPSA) is 52.7 Å². The summed E-state index contributed by atoms with van der Waals surface area (Å²) in [6.45, 7) is 7.71. The molecule has 2 aromatic rings. The molecule has 1 N–H and O–H groups in total. The van der Waals surface area contributed by atoms with E-state index in [1.807, 2.05) is 18.7 Å². The van der Waals surface area contributed by atoms with Gasteiger partial charge in [0.25, 0.3) is 0 Å². The molecule has 44 heavy (non-hydrogen) atoms. The largest absolute Gasteiger partial charge is 0.471 e. The predicted molar refractivity (Wildman–Crippen MR) is 178 cm³/mol. The third kappa shape index (κ3) is 13.6. The average Bonchev–Trinajstić information content (AvgIpc) is 3.01. The fraction of sp³-hybridized carbons (Fsp3) is 0.667. The SMILES string of the molecule is CCCCCCCCCCCCCCCCCC(=O)Nc1ccc(N(CCN(CC)CC)C(=O)C(F)(F)F)c2ccccc12. The van der Waals surface area contributed by atoms with E-state index in [-0.39, 0.29) is 18.1 Å². The summed E-state index contributed by atoms with van der Waals surface area (Å²) in [4.78, 5) is 28.1. The summed E-state index contributed by atoms with van der Waals surface area (Å²) in [5.41, 5.74) is 0.731. The van der Waals surface area contributed by atoms with Gasteiger partial charge < -0.3 is 15.1 Å². The Kier molecular flexibility index (Phi) is 18.1. The number of anilines is 2. The molecular weight excluding hydrogens is 563 g/mol. The average molecular weight is 620 g/mol. The Hall–Kier alpha value is -2.61. The number of hydrogen-bond donors (Lipinski definition) is 1. The van der Waals surface area contributed by atoms with Crippen molar-refractivity contribution >= 4 is 34.0 Å². The lowest BCUT2D eigenvalue weighted by atomic mass is 10.0. The molecule has 0 heterocycles. The van der Waals surface area contributed by atoms with Crippen LogP contribution in [0.4, 0.5) is 24.5 Å². The van der Waals surface area contributed by atoms with Gasteiger partial charge in [0.2, 0.25) is 5.91 Å². The summed E-state index contributed by atoms with van der Waals surface area (Å²) in [7, 11) is 0. The number of benzene rings is 2. The van der Waals surface area contributed by atoms with Gasteiger partial charge in [-0.25, -0.2) is 0 Å². The number of unbranched alkanes of at least 4 members (excludes halogenated alkanes) is 14. The van der Waals surface area contributed by atoms with Crippen LogP contribution in [-0.2, 0) is 9.59 Å². The molecule has 0 radical (unpaired) electrons. The van der Waals surface area contributed by atoms with Gasteiger partial charge in [0.1, 0.15) is 0 Å². The molecule has 8 heteroatoms. The number of fused-ring (bicyclic) bond motifs is 1. The number of amides is 2. The Morgan fingerprint density at radius 3 is 1.66 bits per heavy atom. The zero-order valence-corrected chi connectivity index (χ0v) is 27.5. The molecule has 2 rings (SSSR count). The quantitative estimate of drug-likeness (QED) is 0.126. The summed E-state index contributed by atoms with van der Waals surface area (Å²) in [5, 5.41) is 4.06. The van der Waals surface area contributed by atoms with Gasteiger partial charge in [0, 0.05) is 36.0 Å². The number of halogens is 3. The number of carbonyl (C=O) groups excluding carboxylic acids is 2. The standard InChI is InChI=1S/C36H56F3N3O2/c1-4-7-8-9-10-11-12-13-14-15-16-17-18-19-20-25-34(43)40-32-26-27-33(31-24-22-21-23-30(31)32)42(35(44)36(37,38)39)29-28-41(5-2)6-3/h21-24,26-27H,4-20,25,28-29H2,1-3H3,(H,40,43). The highest BCUT2D eigenvalue weighted by Crippen LogP contribution is 2.34. The lowest BCUT2D eigenvalue weighted by molar-refractivity contribution is -0.170. The first-order chi connectivity index (χ1) is 21.2. The van der Waals surface area contributed by atoms with Crippen LogP contribution in [-0.4, -0.2) is 49.1 Å². The first-order valence-electron chi connectivity index (χ1n) is 17.2. The van der Waals surface area contributed by atoms with E-state index in [2.05, 4.69) is 12.2 Å². The Morgan fingerprint density at radius 2 is 1.16 bits per heavy atom. The van der Waals surface area contributed by atoms with Crippen molar-refractivity contribution in [1.82, 2.24) is 4.90 Å². The highest BCUT2D eigenvalue weighted by molar-refractivity contribution is 6.11. The molecule has 0 aliphatic rings. The molecule has 0 aliphatic heterocycles. The maximum absolute atomic E-state index is 13.6. The van der Waals surface area contributed by atoms with Crippen molar-refractivity contribution in [1.29, 1.82) is 0 Å². The number of rotatable bonds is 23. The maximum atomic E-state index is 13.6. The molecule has 0 aromatic heterocycles. The van der Waals surface area contributed by atoms with E-state index in [4.69, 9.17) is 0 Å². The second-order valence-electron chi connectivity index (χ2n) is 11.9. The lowest BCUT2D eigenvalue weighted by Crippen LogP contribution is -2.45. The third-order valence-electron chi connectivity index (χ3n) is 8.50. The molecule has 0 spiro atoms. The second-order valence-corrected chi connectivity index (χ2v) is 11.9. The molecular formula is C36H56F3N3O2. The molecule has 2 aromatic carbocycles. The number of carbonyl (C=O) groups is 2. The second kappa shape index (κ2) is 21.2. The van der Waals surface area contributed by atoms with Crippen molar-refractivity contribution in [2.24, 2.45) is 0 Å². The van der Waals surface area contributed by atoms with Crippen LogP contribution in [0.1, 0.15) is 124 Å². The number of alkyl halides is 3. The van der Waals surface area contributed by atoms with Crippen LogP contribution in [0.2, 0.25) is 0 Å². The van der Waals surface area contributed by atoms with Crippen LogP contribution in [0.3, 0.4) is 0 Å². The van der Waals surface area contributed by atoms with Gasteiger partial charge >= 0.3 is 12.1 Å². The Balaban J connectivity index is 1.83. The first-order valence-corrected chi connectivity index (χ1v) is 17.2. The minimum atomic E-state index is -5.00. The molecule has 0 saturated carbocycles. The van der Waals surface area contributed by atoms with E-state index >= 15 is 0 Å². The molecule has 0 bridgehead atoms. The Labute approximate surface area is 263 Å². The van der Waals surface area contributed by atoms with Crippen molar-refractivity contribution < 1.29 is 22.8 Å². The van der Waals surface area contributed by atoms with Gasteiger partial charge in [0.15, 0.2) is 0 Å². The van der Waals surface area contributed by atoms with Crippen LogP contribution in [0.5, 0.6) is 0 Å². The van der Waals surface area contributed by atoms with Crippen LogP contribution in [0, 0.1) is 0 Å². The van der Waals surface area contributed by atoms with Crippen LogP contribution < -0.4 is 10.2 Å². The fourth-order valence-electron chi connectivity index (χ4n) is 5.76. The number of nitrogens with zero attached hydrogens (tertiary/aromatic N) is 2. The first kappa shape index (κ1) is 37.6. The van der Waals surface area contributed by atoms with Gasteiger partial charge in [-0.1, -0.05) is 135 Å². The molecule has 0 fully saturated rings. The van der Waals surface area contributed by atoms with E-state index in [1.165, 1.54) is 83.1 Å². The minimum Gasteiger partial charge on any atom is -0.326 e. The lowest BCUT2D eigenvalue weighted by Gasteiger charge is -2.28. The van der Waals surface area contributed by atoms with Crippen LogP contribution >= 0.6 is 0 Å². The zero-order valence-electron chi connectivity index (χ0n) is 27.5. The molecule has 0 aliphatic carbocycles. The van der Waals surface area contributed by atoms with E-state index in [0.717, 1.165) is 24.2 Å². The van der Waals surface area contributed by atoms with Crippen molar-refractivity contribution in [2.45, 2.75) is 130 Å². The summed E-state index contributed by atoms with van der Waals surface area (Å²) in [6, 6.07) is 10.1. The van der Waals surface area contributed by atoms with Gasteiger partial charge in [-0.2, -0.15) is 13.2 Å². The van der Waals surface area contributed by atoms with Crippen molar-refractivity contribution in [3.8, 4) is 0 Å². The van der Waals surface area contributed by atoms with Crippen molar-refractivity contribution in [3.63, 3.8) is 0 Å². The van der Waals surface area contributed by atoms with Crippen LogP contribution in [0.25, 0.3) is 10.8 Å². The highest BCUT2D eigenvalue weighted by Gasteiger charge is 2.43. The van der Waals surface area contributed by atoms with E-state index in [1.54, 1.807) is 30.3 Å². The molecule has 0 unspecified atom stereocenters. The van der Waals surface area contributed by atoms with E-state index in [0.29, 0.717) is 42.5 Å². The van der Waals surface area contributed by atoms with Gasteiger partial charge in [-0.15, -0.1) is 0 Å². The maximum Gasteiger partial charge on any atom is 0.471 e. The number of likely N-dealkylation sites (N-methyl/N-ethyl adjacent to an activating group) is 1. The monoisotopic (exact) mass is 619 g/mol. The number of hydrogen-bond acceptors (Lipinski definition) is 3. The predicted octanol–water partition coefficient (Wildman–Crippen LogP) is 10.3. The summed E-state index contributed by atoms with van der Waals surface area (Å²) >= 11 is 0. The van der Waals surface area contributed by atoms with E-state index in [9.17, 15) is 22.8 Å². The normalized spacial score (nSPS) is 11.8. The molecule has 2 amide bonds. The summed E-state index contributed by atoms with van der Waals surface area (Å²) in [5.74, 6) is -2.00. The molecule has 0 saturated heterocycles. The summed E-state index contributed by atoms with van der Waals surface area (Å²) in [6.07, 6.45) is 14.3. The van der Waals surface area contributed by atoms with Crippen molar-refractivity contribution in [3.05, 3.63) is 36.4 Å². The fourth-order valence-corrected chi connectivity index (χ4v) is 5.76. The van der Waals surface area contributed by atoms with Crippen molar-refractivity contribution in [2.75, 3.05) is 36.4 Å². The van der Waals surface area contributed by atoms with Gasteiger partial charge in [0.05, 0.1) is 5.69 Å². The third-order valence-corrected chi connectivity index (χ3v) is 8.50. The Morgan fingerprint density at radius 1 is 0.659 bits per heavy atom. The molecule has 5 nitrogen and oxygen atoms in total. The number of nitrogens with one attached hydrogen (secondary N) is 1. The van der Waals surface area contributed by atoms with Gasteiger partial charge in [-0.3, -0.25) is 9.59 Å². The summed E-state index contributed by atoms with van der Waals surface area (Å²) < 4.78 is 40.8. The molecule has 0 atom stereocenters. The minimum absolute atomic E-state index is 0.0884. The smallest absolute Gasteiger partial charge is 0.326 e. The highest BCUT2D eigenvalue weighted by atomic mass is 19.4. The van der Waals surface area contributed by atoms with Gasteiger partial charge in [-0.05, 0) is 31.6 Å². The zero-order chi connectivity index (χ0) is 32.2. The molecule has 248 valence electrons. The Bertz CT molecular complexity index is 1100. The van der Waals surface area contributed by atoms with E-state index < -0.39 is 12.1 Å². The van der Waals surface area contributed by atoms with Crippen LogP contribution in [0.15, 0.2) is 36.4 Å².